The van der Waals surface area contributed by atoms with Gasteiger partial charge in [-0.1, -0.05) is 54.1 Å². The number of ether oxygens (including phenoxy) is 2. The summed E-state index contributed by atoms with van der Waals surface area (Å²) in [5.74, 6) is -3.76. The predicted molar refractivity (Wildman–Crippen MR) is 130 cm³/mol. The number of carbonyl (C=O) groups is 2. The van der Waals surface area contributed by atoms with Gasteiger partial charge in [0, 0.05) is 31.2 Å². The largest absolute Gasteiger partial charge is 0.466 e. The average Bonchev–Trinajstić information content (AvgIpc) is 2.88. The minimum atomic E-state index is -5.08. The van der Waals surface area contributed by atoms with Gasteiger partial charge in [-0.25, -0.2) is 4.39 Å². The van der Waals surface area contributed by atoms with Gasteiger partial charge in [-0.2, -0.15) is 18.4 Å². The molecular formula is C27H27ClF4N2O4. The quantitative estimate of drug-likeness (QED) is 0.306. The van der Waals surface area contributed by atoms with Crippen LogP contribution in [-0.4, -0.2) is 49.8 Å². The molecule has 1 fully saturated rings. The Kier molecular flexibility index (Phi) is 9.05. The van der Waals surface area contributed by atoms with E-state index in [0.29, 0.717) is 0 Å². The number of amides is 1. The molecule has 0 radical (unpaired) electrons. The van der Waals surface area contributed by atoms with Crippen molar-refractivity contribution in [3.05, 3.63) is 70.5 Å². The highest BCUT2D eigenvalue weighted by Crippen LogP contribution is 2.50. The van der Waals surface area contributed by atoms with Crippen molar-refractivity contribution in [3.8, 4) is 6.07 Å². The highest BCUT2D eigenvalue weighted by atomic mass is 35.5. The normalized spacial score (nSPS) is 17.7. The Bertz CT molecular complexity index is 1190. The van der Waals surface area contributed by atoms with Crippen LogP contribution >= 0.6 is 11.6 Å². The number of halogens is 5. The van der Waals surface area contributed by atoms with E-state index < -0.39 is 40.8 Å². The molecular weight excluding hydrogens is 528 g/mol. The number of benzene rings is 2. The number of hydrogen-bond acceptors (Lipinski definition) is 5. The summed E-state index contributed by atoms with van der Waals surface area (Å²) in [6.45, 7) is 1.27. The van der Waals surface area contributed by atoms with E-state index in [1.54, 1.807) is 6.92 Å². The van der Waals surface area contributed by atoms with Crippen LogP contribution in [0.15, 0.2) is 48.5 Å². The number of methoxy groups -OCH3 is 1. The molecule has 0 aromatic heterocycles. The van der Waals surface area contributed by atoms with Crippen LogP contribution in [0.3, 0.4) is 0 Å². The molecule has 6 nitrogen and oxygen atoms in total. The number of piperidine rings is 1. The number of nitriles is 1. The summed E-state index contributed by atoms with van der Waals surface area (Å²) < 4.78 is 67.6. The highest BCUT2D eigenvalue weighted by Gasteiger charge is 2.64. The van der Waals surface area contributed by atoms with Gasteiger partial charge in [-0.15, -0.1) is 0 Å². The minimum Gasteiger partial charge on any atom is -0.466 e. The molecule has 0 bridgehead atoms. The van der Waals surface area contributed by atoms with E-state index in [9.17, 15) is 32.4 Å². The maximum atomic E-state index is 14.4. The van der Waals surface area contributed by atoms with Crippen molar-refractivity contribution in [3.63, 3.8) is 0 Å². The number of carbonyl (C=O) groups excluding carboxylic acids is 2. The summed E-state index contributed by atoms with van der Waals surface area (Å²) in [7, 11) is 0.824. The Morgan fingerprint density at radius 1 is 1.13 bits per heavy atom. The van der Waals surface area contributed by atoms with Crippen molar-refractivity contribution in [2.75, 3.05) is 26.8 Å². The van der Waals surface area contributed by atoms with Gasteiger partial charge in [-0.05, 0) is 31.4 Å². The number of nitrogens with zero attached hydrogens (tertiary/aromatic N) is 2. The zero-order valence-electron chi connectivity index (χ0n) is 20.9. The van der Waals surface area contributed by atoms with Crippen LogP contribution in [0, 0.1) is 22.6 Å². The van der Waals surface area contributed by atoms with Crippen LogP contribution in [0.25, 0.3) is 0 Å². The van der Waals surface area contributed by atoms with Gasteiger partial charge in [0.25, 0.3) is 11.5 Å². The summed E-state index contributed by atoms with van der Waals surface area (Å²) >= 11 is 6.17. The molecule has 38 heavy (non-hydrogen) atoms. The topological polar surface area (TPSA) is 79.6 Å². The van der Waals surface area contributed by atoms with Crippen LogP contribution in [-0.2, 0) is 24.7 Å². The van der Waals surface area contributed by atoms with E-state index in [4.69, 9.17) is 21.1 Å². The molecule has 0 spiro atoms. The van der Waals surface area contributed by atoms with E-state index in [0.717, 1.165) is 18.1 Å². The van der Waals surface area contributed by atoms with Gasteiger partial charge in [0.15, 0.2) is 0 Å². The first kappa shape index (κ1) is 29.4. The molecule has 1 aliphatic rings. The first-order valence-electron chi connectivity index (χ1n) is 11.9. The maximum absolute atomic E-state index is 14.4. The lowest BCUT2D eigenvalue weighted by atomic mass is 9.64. The molecule has 0 saturated carbocycles. The van der Waals surface area contributed by atoms with Gasteiger partial charge < -0.3 is 14.4 Å². The van der Waals surface area contributed by atoms with Crippen molar-refractivity contribution >= 4 is 23.5 Å². The minimum absolute atomic E-state index is 0.0327. The number of likely N-dealkylation sites (tertiary alicyclic amines) is 1. The molecule has 11 heteroatoms. The second kappa shape index (κ2) is 11.7. The molecule has 1 saturated heterocycles. The van der Waals surface area contributed by atoms with Gasteiger partial charge in [0.1, 0.15) is 5.82 Å². The smallest absolute Gasteiger partial charge is 0.430 e. The van der Waals surface area contributed by atoms with E-state index in [-0.39, 0.29) is 55.1 Å². The van der Waals surface area contributed by atoms with Crippen molar-refractivity contribution in [1.29, 1.82) is 5.26 Å². The molecule has 3 rings (SSSR count). The summed E-state index contributed by atoms with van der Waals surface area (Å²) in [6.07, 6.45) is -5.41. The van der Waals surface area contributed by atoms with Gasteiger partial charge in [-0.3, -0.25) is 9.59 Å². The zero-order valence-corrected chi connectivity index (χ0v) is 21.6. The third-order valence-electron chi connectivity index (χ3n) is 7.07. The van der Waals surface area contributed by atoms with E-state index >= 15 is 0 Å². The fourth-order valence-electron chi connectivity index (χ4n) is 5.13. The lowest BCUT2D eigenvalue weighted by molar-refractivity contribution is -0.271. The van der Waals surface area contributed by atoms with Crippen LogP contribution in [0.5, 0.6) is 0 Å². The van der Waals surface area contributed by atoms with Crippen molar-refractivity contribution in [1.82, 2.24) is 4.90 Å². The van der Waals surface area contributed by atoms with E-state index in [1.165, 1.54) is 42.5 Å². The van der Waals surface area contributed by atoms with Gasteiger partial charge in [0.2, 0.25) is 0 Å². The number of rotatable bonds is 8. The Balaban J connectivity index is 2.00. The van der Waals surface area contributed by atoms with Crippen molar-refractivity contribution in [2.24, 2.45) is 5.41 Å². The van der Waals surface area contributed by atoms with Crippen LogP contribution in [0.1, 0.15) is 43.2 Å². The molecule has 0 aliphatic carbocycles. The monoisotopic (exact) mass is 554 g/mol. The first-order valence-corrected chi connectivity index (χ1v) is 12.3. The third-order valence-corrected chi connectivity index (χ3v) is 7.47. The molecule has 204 valence electrons. The van der Waals surface area contributed by atoms with Crippen LogP contribution in [0.4, 0.5) is 17.6 Å². The third kappa shape index (κ3) is 5.36. The van der Waals surface area contributed by atoms with Gasteiger partial charge in [0.05, 0.1) is 30.0 Å². The molecule has 2 aromatic carbocycles. The summed E-state index contributed by atoms with van der Waals surface area (Å²) in [5, 5.41) is 9.84. The predicted octanol–water partition coefficient (Wildman–Crippen LogP) is 5.75. The summed E-state index contributed by atoms with van der Waals surface area (Å²) in [6, 6.07) is 12.7. The van der Waals surface area contributed by atoms with Gasteiger partial charge >= 0.3 is 12.1 Å². The summed E-state index contributed by atoms with van der Waals surface area (Å²) in [4.78, 5) is 27.1. The average molecular weight is 555 g/mol. The lowest BCUT2D eigenvalue weighted by Gasteiger charge is -2.46. The van der Waals surface area contributed by atoms with Crippen molar-refractivity contribution < 1.29 is 36.6 Å². The second-order valence-electron chi connectivity index (χ2n) is 9.09. The Labute approximate surface area is 223 Å². The SMILES string of the molecule is CCOC(=O)CC1(C(C#N)c2cccc(F)c2Cl)CCN(C(=O)[C@](OC)(c2ccccc2)C(F)(F)F)CC1. The standard InChI is InChI=1S/C27H27ClF4N2O4/c1-3-38-22(35)16-25(20(17-33)19-10-7-11-21(29)23(19)28)12-14-34(15-13-25)24(36)26(37-2,27(30,31)32)18-8-5-4-6-9-18/h4-11,20H,3,12-16H2,1-2H3/t20?,26-/m1/s1. The Morgan fingerprint density at radius 2 is 1.76 bits per heavy atom. The molecule has 1 aliphatic heterocycles. The van der Waals surface area contributed by atoms with E-state index in [2.05, 4.69) is 6.07 Å². The molecule has 2 aromatic rings. The van der Waals surface area contributed by atoms with E-state index in [1.807, 2.05) is 0 Å². The first-order chi connectivity index (χ1) is 18.0. The number of esters is 1. The lowest BCUT2D eigenvalue weighted by Crippen LogP contribution is -2.59. The molecule has 1 heterocycles. The number of alkyl halides is 3. The fourth-order valence-corrected chi connectivity index (χ4v) is 5.36. The maximum Gasteiger partial charge on any atom is 0.430 e. The molecule has 1 unspecified atom stereocenters. The Hall–Kier alpha value is -3.16. The molecule has 0 N–H and O–H groups in total. The van der Waals surface area contributed by atoms with Crippen LogP contribution in [0.2, 0.25) is 5.02 Å². The van der Waals surface area contributed by atoms with Crippen LogP contribution < -0.4 is 0 Å². The zero-order chi connectivity index (χ0) is 28.1. The summed E-state index contributed by atoms with van der Waals surface area (Å²) in [5.41, 5.74) is -4.62. The van der Waals surface area contributed by atoms with Crippen molar-refractivity contribution in [2.45, 2.75) is 43.9 Å². The molecule has 2 atom stereocenters. The fraction of sp³-hybridized carbons (Fsp3) is 0.444. The number of hydrogen-bond donors (Lipinski definition) is 0. The Morgan fingerprint density at radius 3 is 2.29 bits per heavy atom. The second-order valence-corrected chi connectivity index (χ2v) is 9.47. The highest BCUT2D eigenvalue weighted by molar-refractivity contribution is 6.31. The molecule has 1 amide bonds.